The quantitative estimate of drug-likeness (QED) is 0.630. The topological polar surface area (TPSA) is 43.4 Å². The molecule has 0 aromatic heterocycles. The van der Waals surface area contributed by atoms with Crippen LogP contribution < -0.4 is 0 Å². The Balaban J connectivity index is 0.00000180. The van der Waals surface area contributed by atoms with Gasteiger partial charge in [-0.25, -0.2) is 0 Å². The van der Waals surface area contributed by atoms with Crippen LogP contribution in [0, 0.1) is 0 Å². The fourth-order valence-electron chi connectivity index (χ4n) is 1.79. The van der Waals surface area contributed by atoms with Crippen LogP contribution >= 0.6 is 0 Å². The maximum absolute atomic E-state index is 12.2. The number of hydrogen-bond donors (Lipinski definition) is 0. The Morgan fingerprint density at radius 3 is 2.16 bits per heavy atom. The van der Waals surface area contributed by atoms with Crippen LogP contribution in [0.3, 0.4) is 0 Å². The van der Waals surface area contributed by atoms with Crippen LogP contribution in [-0.4, -0.2) is 43.6 Å². The van der Waals surface area contributed by atoms with Crippen LogP contribution in [0.1, 0.15) is 20.8 Å². The zero-order chi connectivity index (χ0) is 13.4. The third-order valence-electron chi connectivity index (χ3n) is 2.38. The van der Waals surface area contributed by atoms with Crippen LogP contribution in [-0.2, 0) is 14.3 Å². The average Bonchev–Trinajstić information content (AvgIpc) is 2.25. The fourth-order valence-corrected chi connectivity index (χ4v) is 3.24. The second-order valence-corrected chi connectivity index (χ2v) is 6.64. The second kappa shape index (κ2) is 5.94. The molecule has 0 aliphatic rings. The number of benzene rings is 2. The molecular weight excluding hydrogens is 271 g/mol. The van der Waals surface area contributed by atoms with Crippen molar-refractivity contribution in [1.82, 2.24) is 0 Å². The summed E-state index contributed by atoms with van der Waals surface area (Å²) >= 11 is 0. The molecule has 0 N–H and O–H groups in total. The predicted molar refractivity (Wildman–Crippen MR) is 77.7 cm³/mol. The first kappa shape index (κ1) is 16.7. The Hall–Kier alpha value is -0.390. The molecule has 3 nitrogen and oxygen atoms in total. The Labute approximate surface area is 136 Å². The minimum atomic E-state index is -3.74. The number of hydrogen-bond acceptors (Lipinski definition) is 3. The third-order valence-corrected chi connectivity index (χ3v) is 3.99. The number of fused-ring (bicyclic) bond motifs is 1. The first-order valence-electron chi connectivity index (χ1n) is 5.73. The smallest absolute Gasteiger partial charge is 0.261 e. The van der Waals surface area contributed by atoms with E-state index in [0.717, 1.165) is 5.39 Å². The molecule has 0 amide bonds. The van der Waals surface area contributed by atoms with Crippen LogP contribution in [0.4, 0.5) is 0 Å². The molecule has 0 heterocycles. The maximum Gasteiger partial charge on any atom is 0.298 e. The summed E-state index contributed by atoms with van der Waals surface area (Å²) < 4.78 is 29.7. The molecule has 0 atom stereocenters. The molecule has 0 aliphatic carbocycles. The van der Waals surface area contributed by atoms with Crippen molar-refractivity contribution in [3.05, 3.63) is 42.5 Å². The monoisotopic (exact) mass is 287 g/mol. The Morgan fingerprint density at radius 1 is 0.947 bits per heavy atom. The molecule has 0 unspecified atom stereocenters. The van der Waals surface area contributed by atoms with Crippen LogP contribution in [0.2, 0.25) is 0 Å². The van der Waals surface area contributed by atoms with Gasteiger partial charge in [0.05, 0.1) is 5.60 Å². The van der Waals surface area contributed by atoms with Gasteiger partial charge in [0.2, 0.25) is 0 Å². The third kappa shape index (κ3) is 4.04. The molecule has 2 aromatic carbocycles. The average molecular weight is 287 g/mol. The Morgan fingerprint density at radius 2 is 1.53 bits per heavy atom. The minimum Gasteiger partial charge on any atom is -0.261 e. The fraction of sp³-hybridized carbons (Fsp3) is 0.286. The van der Waals surface area contributed by atoms with Gasteiger partial charge in [-0.05, 0) is 32.2 Å². The minimum absolute atomic E-state index is 0. The van der Waals surface area contributed by atoms with Gasteiger partial charge < -0.3 is 0 Å². The van der Waals surface area contributed by atoms with Crippen LogP contribution in [0.5, 0.6) is 0 Å². The molecule has 0 fully saturated rings. The largest absolute Gasteiger partial charge is 0.298 e. The summed E-state index contributed by atoms with van der Waals surface area (Å²) in [5.74, 6) is 0. The Kier molecular flexibility index (Phi) is 5.21. The summed E-state index contributed by atoms with van der Waals surface area (Å²) in [4.78, 5) is 0.218. The molecule has 0 saturated carbocycles. The molecule has 0 bridgehead atoms. The summed E-state index contributed by atoms with van der Waals surface area (Å²) in [6.45, 7) is 5.15. The van der Waals surface area contributed by atoms with Gasteiger partial charge in [-0.1, -0.05) is 36.4 Å². The molecule has 1 radical (unpaired) electrons. The van der Waals surface area contributed by atoms with E-state index in [4.69, 9.17) is 4.18 Å². The van der Waals surface area contributed by atoms with E-state index < -0.39 is 15.7 Å². The predicted octanol–water partition coefficient (Wildman–Crippen LogP) is 2.96. The van der Waals surface area contributed by atoms with Crippen molar-refractivity contribution in [2.24, 2.45) is 0 Å². The van der Waals surface area contributed by atoms with Crippen molar-refractivity contribution in [3.63, 3.8) is 0 Å². The van der Waals surface area contributed by atoms with Crippen molar-refractivity contribution in [3.8, 4) is 0 Å². The van der Waals surface area contributed by atoms with Gasteiger partial charge in [-0.15, -0.1) is 0 Å². The SMILES string of the molecule is CC(C)(C)OS(=O)(=O)c1cccc2ccccc12.[Na]. The van der Waals surface area contributed by atoms with Crippen LogP contribution in [0.25, 0.3) is 10.8 Å². The van der Waals surface area contributed by atoms with Gasteiger partial charge in [0, 0.05) is 34.9 Å². The first-order valence-corrected chi connectivity index (χ1v) is 7.14. The maximum atomic E-state index is 12.2. The van der Waals surface area contributed by atoms with E-state index in [1.807, 2.05) is 24.3 Å². The van der Waals surface area contributed by atoms with Crippen molar-refractivity contribution in [1.29, 1.82) is 0 Å². The standard InChI is InChI=1S/C14H16O3S.Na/c1-14(2,3)17-18(15,16)13-10-6-8-11-7-4-5-9-12(11)13;/h4-10H,1-3H3;. The van der Waals surface area contributed by atoms with Gasteiger partial charge in [-0.2, -0.15) is 8.42 Å². The number of rotatable bonds is 2. The van der Waals surface area contributed by atoms with Gasteiger partial charge in [0.15, 0.2) is 0 Å². The summed E-state index contributed by atoms with van der Waals surface area (Å²) in [5.41, 5.74) is -0.740. The molecule has 0 spiro atoms. The zero-order valence-corrected chi connectivity index (χ0v) is 14.5. The van der Waals surface area contributed by atoms with Gasteiger partial charge in [-0.3, -0.25) is 4.18 Å². The van der Waals surface area contributed by atoms with Crippen molar-refractivity contribution in [2.45, 2.75) is 31.3 Å². The van der Waals surface area contributed by atoms with Crippen molar-refractivity contribution < 1.29 is 12.6 Å². The summed E-state index contributed by atoms with van der Waals surface area (Å²) in [6, 6.07) is 12.5. The van der Waals surface area contributed by atoms with E-state index in [1.54, 1.807) is 39.0 Å². The van der Waals surface area contributed by atoms with Gasteiger partial charge >= 0.3 is 0 Å². The van der Waals surface area contributed by atoms with E-state index >= 15 is 0 Å². The molecule has 19 heavy (non-hydrogen) atoms. The Bertz CT molecular complexity index is 667. The molecule has 2 rings (SSSR count). The normalized spacial score (nSPS) is 12.2. The first-order chi connectivity index (χ1) is 8.30. The van der Waals surface area contributed by atoms with E-state index in [-0.39, 0.29) is 34.5 Å². The molecular formula is C14H16NaO3S. The van der Waals surface area contributed by atoms with E-state index in [1.165, 1.54) is 0 Å². The summed E-state index contributed by atoms with van der Waals surface area (Å²) in [7, 11) is -3.74. The molecule has 5 heteroatoms. The van der Waals surface area contributed by atoms with Crippen molar-refractivity contribution in [2.75, 3.05) is 0 Å². The van der Waals surface area contributed by atoms with Crippen LogP contribution in [0.15, 0.2) is 47.4 Å². The van der Waals surface area contributed by atoms with Crippen molar-refractivity contribution >= 4 is 50.4 Å². The molecule has 2 aromatic rings. The van der Waals surface area contributed by atoms with Gasteiger partial charge in [0.25, 0.3) is 10.1 Å². The molecule has 0 saturated heterocycles. The van der Waals surface area contributed by atoms with E-state index in [9.17, 15) is 8.42 Å². The van der Waals surface area contributed by atoms with E-state index in [0.29, 0.717) is 5.39 Å². The summed E-state index contributed by atoms with van der Waals surface area (Å²) in [6.07, 6.45) is 0. The molecule has 0 aliphatic heterocycles. The zero-order valence-electron chi connectivity index (χ0n) is 11.7. The second-order valence-electron chi connectivity index (χ2n) is 5.13. The summed E-state index contributed by atoms with van der Waals surface area (Å²) in [5, 5.41) is 1.57. The molecule has 97 valence electrons. The van der Waals surface area contributed by atoms with Gasteiger partial charge in [0.1, 0.15) is 4.90 Å². The van der Waals surface area contributed by atoms with E-state index in [2.05, 4.69) is 0 Å².